The van der Waals surface area contributed by atoms with Crippen LogP contribution in [0.2, 0.25) is 0 Å². The molecule has 0 heterocycles. The van der Waals surface area contributed by atoms with Crippen LogP contribution in [0.3, 0.4) is 0 Å². The molecule has 0 aromatic carbocycles. The van der Waals surface area contributed by atoms with Gasteiger partial charge < -0.3 is 5.11 Å². The first-order valence-corrected chi connectivity index (χ1v) is 4.40. The molecule has 0 bridgehead atoms. The molecule has 0 radical (unpaired) electrons. The van der Waals surface area contributed by atoms with Gasteiger partial charge in [-0.25, -0.2) is 5.53 Å². The molecule has 1 N–H and O–H groups in total. The molecule has 0 saturated heterocycles. The van der Waals surface area contributed by atoms with E-state index in [1.54, 1.807) is 0 Å². The molecule has 0 saturated carbocycles. The van der Waals surface area contributed by atoms with Gasteiger partial charge in [0.25, 0.3) is 0 Å². The van der Waals surface area contributed by atoms with Crippen LogP contribution in [0.15, 0.2) is 16.6 Å². The summed E-state index contributed by atoms with van der Waals surface area (Å²) in [4.78, 5) is 0. The fourth-order valence-electron chi connectivity index (χ4n) is 0.914. The van der Waals surface area contributed by atoms with E-state index in [0.717, 1.165) is 0 Å². The average molecular weight is 222 g/mol. The molecule has 76 valence electrons. The van der Waals surface area contributed by atoms with Crippen LogP contribution >= 0.6 is 0 Å². The van der Waals surface area contributed by atoms with Crippen LogP contribution in [0, 0.1) is 16.4 Å². The van der Waals surface area contributed by atoms with Gasteiger partial charge in [0.1, 0.15) is 0 Å². The summed E-state index contributed by atoms with van der Waals surface area (Å²) in [5.41, 5.74) is 6.55. The molecule has 0 fully saturated rings. The Hall–Kier alpha value is 0.776. The molecule has 0 atom stereocenters. The molecule has 0 aliphatic heterocycles. The summed E-state index contributed by atoms with van der Waals surface area (Å²) >= 11 is 0. The average Bonchev–Trinajstić information content (AvgIpc) is 1.83. The van der Waals surface area contributed by atoms with Gasteiger partial charge in [-0.1, -0.05) is 41.5 Å². The van der Waals surface area contributed by atoms with Crippen LogP contribution in [-0.4, -0.2) is 0 Å². The van der Waals surface area contributed by atoms with Gasteiger partial charge in [0.2, 0.25) is 0 Å². The minimum absolute atomic E-state index is 0. The second-order valence-electron chi connectivity index (χ2n) is 5.29. The summed E-state index contributed by atoms with van der Waals surface area (Å²) in [6.07, 6.45) is 0. The topological polar surface area (TPSA) is 59.3 Å². The molecule has 0 aliphatic rings. The van der Waals surface area contributed by atoms with E-state index in [2.05, 4.69) is 5.11 Å². The SMILES string of the molecule is CC(C)(C)C([O-])=C(N=N)C(C)(C)C.[K+]. The molecule has 0 aromatic heterocycles. The first kappa shape index (κ1) is 17.2. The van der Waals surface area contributed by atoms with Gasteiger partial charge in [-0.05, 0) is 5.41 Å². The first-order valence-electron chi connectivity index (χ1n) is 4.40. The Kier molecular flexibility index (Phi) is 7.06. The molecular formula is C10H19KN2O. The third-order valence-corrected chi connectivity index (χ3v) is 1.72. The zero-order valence-electron chi connectivity index (χ0n) is 10.4. The van der Waals surface area contributed by atoms with Crippen molar-refractivity contribution in [2.45, 2.75) is 41.5 Å². The molecule has 0 spiro atoms. The predicted octanol–water partition coefficient (Wildman–Crippen LogP) is -0.315. The van der Waals surface area contributed by atoms with E-state index < -0.39 is 5.41 Å². The maximum absolute atomic E-state index is 11.8. The van der Waals surface area contributed by atoms with Crippen LogP contribution in [0.4, 0.5) is 0 Å². The summed E-state index contributed by atoms with van der Waals surface area (Å²) < 4.78 is 0. The van der Waals surface area contributed by atoms with E-state index >= 15 is 0 Å². The fraction of sp³-hybridized carbons (Fsp3) is 0.800. The molecule has 4 heteroatoms. The van der Waals surface area contributed by atoms with E-state index in [1.807, 2.05) is 41.5 Å². The largest absolute Gasteiger partial charge is 1.00 e. The maximum Gasteiger partial charge on any atom is 1.00 e. The minimum Gasteiger partial charge on any atom is -0.874 e. The van der Waals surface area contributed by atoms with Crippen molar-refractivity contribution in [2.24, 2.45) is 15.9 Å². The van der Waals surface area contributed by atoms with Gasteiger partial charge in [0.15, 0.2) is 0 Å². The quantitative estimate of drug-likeness (QED) is 0.369. The zero-order chi connectivity index (χ0) is 10.9. The Balaban J connectivity index is 0. The second-order valence-corrected chi connectivity index (χ2v) is 5.29. The van der Waals surface area contributed by atoms with E-state index in [0.29, 0.717) is 5.70 Å². The van der Waals surface area contributed by atoms with Gasteiger partial charge in [0, 0.05) is 5.41 Å². The molecule has 0 aliphatic carbocycles. The Morgan fingerprint density at radius 3 is 1.43 bits per heavy atom. The molecule has 3 nitrogen and oxygen atoms in total. The second kappa shape index (κ2) is 5.75. The van der Waals surface area contributed by atoms with Gasteiger partial charge in [0.05, 0.1) is 5.70 Å². The number of allylic oxidation sites excluding steroid dienone is 2. The van der Waals surface area contributed by atoms with Crippen LogP contribution in [0.5, 0.6) is 0 Å². The maximum atomic E-state index is 11.8. The van der Waals surface area contributed by atoms with Crippen molar-refractivity contribution >= 4 is 0 Å². The zero-order valence-corrected chi connectivity index (χ0v) is 13.5. The Labute approximate surface area is 129 Å². The molecular weight excluding hydrogens is 203 g/mol. The minimum atomic E-state index is -0.451. The van der Waals surface area contributed by atoms with Crippen molar-refractivity contribution in [1.29, 1.82) is 5.53 Å². The molecule has 0 rings (SSSR count). The van der Waals surface area contributed by atoms with Crippen molar-refractivity contribution in [2.75, 3.05) is 0 Å². The van der Waals surface area contributed by atoms with Crippen molar-refractivity contribution in [1.82, 2.24) is 0 Å². The molecule has 0 unspecified atom stereocenters. The van der Waals surface area contributed by atoms with Crippen LogP contribution in [0.25, 0.3) is 0 Å². The molecule has 14 heavy (non-hydrogen) atoms. The first-order chi connectivity index (χ1) is 5.60. The Bertz CT molecular complexity index is 233. The van der Waals surface area contributed by atoms with Crippen molar-refractivity contribution in [3.8, 4) is 0 Å². The van der Waals surface area contributed by atoms with E-state index in [9.17, 15) is 5.11 Å². The number of hydrogen-bond donors (Lipinski definition) is 1. The number of nitrogens with zero attached hydrogens (tertiary/aromatic N) is 1. The molecule has 0 aromatic rings. The summed E-state index contributed by atoms with van der Waals surface area (Å²) in [5.74, 6) is -0.0463. The Morgan fingerprint density at radius 2 is 1.36 bits per heavy atom. The van der Waals surface area contributed by atoms with Gasteiger partial charge >= 0.3 is 51.4 Å². The van der Waals surface area contributed by atoms with Crippen LogP contribution in [0.1, 0.15) is 41.5 Å². The van der Waals surface area contributed by atoms with Gasteiger partial charge in [-0.3, -0.25) is 0 Å². The summed E-state index contributed by atoms with van der Waals surface area (Å²) in [7, 11) is 0. The van der Waals surface area contributed by atoms with Crippen LogP contribution in [-0.2, 0) is 0 Å². The van der Waals surface area contributed by atoms with E-state index in [1.165, 1.54) is 0 Å². The monoisotopic (exact) mass is 222 g/mol. The number of hydrogen-bond acceptors (Lipinski definition) is 3. The smallest absolute Gasteiger partial charge is 0.874 e. The van der Waals surface area contributed by atoms with Crippen molar-refractivity contribution in [3.63, 3.8) is 0 Å². The van der Waals surface area contributed by atoms with Crippen LogP contribution < -0.4 is 56.5 Å². The third kappa shape index (κ3) is 5.03. The molecule has 0 amide bonds. The predicted molar refractivity (Wildman–Crippen MR) is 51.1 cm³/mol. The summed E-state index contributed by atoms with van der Waals surface area (Å²) in [5, 5.41) is 15.1. The fourth-order valence-corrected chi connectivity index (χ4v) is 0.914. The van der Waals surface area contributed by atoms with E-state index in [-0.39, 0.29) is 62.6 Å². The van der Waals surface area contributed by atoms with E-state index in [4.69, 9.17) is 5.53 Å². The van der Waals surface area contributed by atoms with Gasteiger partial charge in [-0.15, -0.1) is 5.76 Å². The van der Waals surface area contributed by atoms with Crippen molar-refractivity contribution in [3.05, 3.63) is 11.5 Å². The Morgan fingerprint density at radius 1 is 1.00 bits per heavy atom. The number of rotatable bonds is 1. The van der Waals surface area contributed by atoms with Crippen molar-refractivity contribution < 1.29 is 56.5 Å². The summed E-state index contributed by atoms with van der Waals surface area (Å²) in [6, 6.07) is 0. The standard InChI is InChI=1S/C10H20N2O.K/c1-9(2,3)7(12-11)8(13)10(4,5)6;/h11,13H,1-6H3;/q;+1/p-1. The van der Waals surface area contributed by atoms with Gasteiger partial charge in [-0.2, -0.15) is 5.11 Å². The normalized spacial score (nSPS) is 14.1. The summed E-state index contributed by atoms with van der Waals surface area (Å²) in [6.45, 7) is 11.2. The number of nitrogens with one attached hydrogen (secondary N) is 1. The third-order valence-electron chi connectivity index (χ3n) is 1.72.